The maximum Gasteiger partial charge on any atom is 0.214 e. The minimum atomic E-state index is -3.07. The number of anilines is 1. The number of sulfonamides is 1. The molecule has 5 heteroatoms. The topological polar surface area (TPSA) is 63.4 Å². The monoisotopic (exact) mass is 266 g/mol. The van der Waals surface area contributed by atoms with E-state index in [0.717, 1.165) is 24.1 Å². The first-order valence-corrected chi connectivity index (χ1v) is 7.96. The Morgan fingerprint density at radius 1 is 1.39 bits per heavy atom. The average molecular weight is 266 g/mol. The normalized spacial score (nSPS) is 30.5. The summed E-state index contributed by atoms with van der Waals surface area (Å²) in [6, 6.07) is 5.85. The molecule has 1 aromatic rings. The summed E-state index contributed by atoms with van der Waals surface area (Å²) in [6.45, 7) is 2.65. The minimum Gasteiger partial charge on any atom is -0.399 e. The average Bonchev–Trinajstić information content (AvgIpc) is 2.78. The lowest BCUT2D eigenvalue weighted by Gasteiger charge is -2.23. The van der Waals surface area contributed by atoms with E-state index in [-0.39, 0.29) is 17.7 Å². The van der Waals surface area contributed by atoms with Crippen molar-refractivity contribution in [3.8, 4) is 0 Å². The van der Waals surface area contributed by atoms with Crippen LogP contribution >= 0.6 is 0 Å². The fourth-order valence-corrected chi connectivity index (χ4v) is 5.27. The van der Waals surface area contributed by atoms with Crippen molar-refractivity contribution >= 4 is 15.7 Å². The summed E-state index contributed by atoms with van der Waals surface area (Å²) in [7, 11) is -3.07. The van der Waals surface area contributed by atoms with Crippen molar-refractivity contribution in [2.24, 2.45) is 5.92 Å². The van der Waals surface area contributed by atoms with Crippen LogP contribution < -0.4 is 5.73 Å². The predicted octanol–water partition coefficient (Wildman–Crippen LogP) is 1.54. The van der Waals surface area contributed by atoms with Crippen molar-refractivity contribution in [2.75, 3.05) is 18.0 Å². The van der Waals surface area contributed by atoms with Crippen LogP contribution in [0.1, 0.15) is 30.5 Å². The summed E-state index contributed by atoms with van der Waals surface area (Å²) in [5.74, 6) is 0.515. The third-order valence-electron chi connectivity index (χ3n) is 3.90. The Hall–Kier alpha value is -1.07. The minimum absolute atomic E-state index is 0.0237. The van der Waals surface area contributed by atoms with Gasteiger partial charge in [-0.3, -0.25) is 0 Å². The second-order valence-electron chi connectivity index (χ2n) is 5.47. The molecule has 1 aliphatic heterocycles. The Labute approximate surface area is 108 Å². The van der Waals surface area contributed by atoms with E-state index in [0.29, 0.717) is 6.54 Å². The van der Waals surface area contributed by atoms with Gasteiger partial charge in [-0.2, -0.15) is 4.31 Å². The van der Waals surface area contributed by atoms with Gasteiger partial charge in [-0.05, 0) is 42.0 Å². The molecule has 1 saturated heterocycles. The quantitative estimate of drug-likeness (QED) is 0.784. The van der Waals surface area contributed by atoms with Gasteiger partial charge in [0.1, 0.15) is 0 Å². The number of nitrogen functional groups attached to an aromatic ring is 1. The predicted molar refractivity (Wildman–Crippen MR) is 71.6 cm³/mol. The van der Waals surface area contributed by atoms with Gasteiger partial charge in [0.25, 0.3) is 0 Å². The van der Waals surface area contributed by atoms with E-state index in [4.69, 9.17) is 5.73 Å². The van der Waals surface area contributed by atoms with Crippen molar-refractivity contribution in [2.45, 2.75) is 25.8 Å². The van der Waals surface area contributed by atoms with Gasteiger partial charge in [0.15, 0.2) is 0 Å². The molecule has 0 saturated carbocycles. The van der Waals surface area contributed by atoms with Gasteiger partial charge in [-0.25, -0.2) is 8.42 Å². The SMILES string of the molecule is CC1CN(C2CCc3cc(N)ccc32)S(=O)(=O)C1. The van der Waals surface area contributed by atoms with Crippen molar-refractivity contribution in [3.05, 3.63) is 29.3 Å². The highest BCUT2D eigenvalue weighted by Crippen LogP contribution is 2.40. The molecular formula is C13H18N2O2S. The molecule has 1 heterocycles. The second kappa shape index (κ2) is 3.96. The maximum atomic E-state index is 12.1. The van der Waals surface area contributed by atoms with Crippen LogP contribution in [0.25, 0.3) is 0 Å². The summed E-state index contributed by atoms with van der Waals surface area (Å²) in [6.07, 6.45) is 1.80. The van der Waals surface area contributed by atoms with Gasteiger partial charge >= 0.3 is 0 Å². The number of hydrogen-bond acceptors (Lipinski definition) is 3. The summed E-state index contributed by atoms with van der Waals surface area (Å²) < 4.78 is 26.0. The third kappa shape index (κ3) is 1.82. The van der Waals surface area contributed by atoms with Gasteiger partial charge < -0.3 is 5.73 Å². The van der Waals surface area contributed by atoms with Crippen LogP contribution in [0, 0.1) is 5.92 Å². The number of rotatable bonds is 1. The molecule has 1 aliphatic carbocycles. The molecule has 0 spiro atoms. The molecule has 18 heavy (non-hydrogen) atoms. The molecule has 2 atom stereocenters. The van der Waals surface area contributed by atoms with Crippen molar-refractivity contribution < 1.29 is 8.42 Å². The number of fused-ring (bicyclic) bond motifs is 1. The number of hydrogen-bond donors (Lipinski definition) is 1. The Kier molecular flexibility index (Phi) is 2.64. The van der Waals surface area contributed by atoms with Crippen LogP contribution in [0.5, 0.6) is 0 Å². The smallest absolute Gasteiger partial charge is 0.214 e. The van der Waals surface area contributed by atoms with E-state index in [1.165, 1.54) is 5.56 Å². The molecule has 2 unspecified atom stereocenters. The lowest BCUT2D eigenvalue weighted by molar-refractivity contribution is 0.325. The van der Waals surface area contributed by atoms with E-state index in [1.807, 2.05) is 25.1 Å². The summed E-state index contributed by atoms with van der Waals surface area (Å²) >= 11 is 0. The Morgan fingerprint density at radius 2 is 2.17 bits per heavy atom. The van der Waals surface area contributed by atoms with E-state index < -0.39 is 10.0 Å². The highest BCUT2D eigenvalue weighted by atomic mass is 32.2. The molecule has 0 amide bonds. The van der Waals surface area contributed by atoms with E-state index in [1.54, 1.807) is 4.31 Å². The van der Waals surface area contributed by atoms with Crippen LogP contribution in [0.3, 0.4) is 0 Å². The summed E-state index contributed by atoms with van der Waals surface area (Å²) in [5, 5.41) is 0. The summed E-state index contributed by atoms with van der Waals surface area (Å²) in [5.41, 5.74) is 8.87. The van der Waals surface area contributed by atoms with Gasteiger partial charge in [0, 0.05) is 12.2 Å². The first kappa shape index (κ1) is 12.0. The molecular weight excluding hydrogens is 248 g/mol. The standard InChI is InChI=1S/C13H18N2O2S/c1-9-7-15(18(16,17)8-9)13-5-2-10-6-11(14)3-4-12(10)13/h3-4,6,9,13H,2,5,7-8,14H2,1H3. The van der Waals surface area contributed by atoms with Crippen LogP contribution in [0.4, 0.5) is 5.69 Å². The largest absolute Gasteiger partial charge is 0.399 e. The Bertz CT molecular complexity index is 583. The van der Waals surface area contributed by atoms with Crippen LogP contribution in [0.15, 0.2) is 18.2 Å². The molecule has 0 radical (unpaired) electrons. The highest BCUT2D eigenvalue weighted by Gasteiger charge is 2.41. The van der Waals surface area contributed by atoms with Crippen LogP contribution in [-0.2, 0) is 16.4 Å². The summed E-state index contributed by atoms with van der Waals surface area (Å²) in [4.78, 5) is 0. The maximum absolute atomic E-state index is 12.1. The molecule has 2 N–H and O–H groups in total. The number of nitrogens with two attached hydrogens (primary N) is 1. The second-order valence-corrected chi connectivity index (χ2v) is 7.43. The highest BCUT2D eigenvalue weighted by molar-refractivity contribution is 7.89. The zero-order valence-corrected chi connectivity index (χ0v) is 11.3. The molecule has 0 bridgehead atoms. The first-order chi connectivity index (χ1) is 8.47. The lowest BCUT2D eigenvalue weighted by Crippen LogP contribution is -2.29. The molecule has 4 nitrogen and oxygen atoms in total. The third-order valence-corrected chi connectivity index (χ3v) is 6.01. The van der Waals surface area contributed by atoms with Gasteiger partial charge in [-0.1, -0.05) is 13.0 Å². The fourth-order valence-electron chi connectivity index (χ4n) is 3.16. The Balaban J connectivity index is 1.98. The first-order valence-electron chi connectivity index (χ1n) is 6.35. The number of aryl methyl sites for hydroxylation is 1. The number of nitrogens with zero attached hydrogens (tertiary/aromatic N) is 1. The number of benzene rings is 1. The molecule has 1 aromatic carbocycles. The molecule has 3 rings (SSSR count). The molecule has 2 aliphatic rings. The van der Waals surface area contributed by atoms with E-state index >= 15 is 0 Å². The molecule has 0 aromatic heterocycles. The van der Waals surface area contributed by atoms with Crippen LogP contribution in [0.2, 0.25) is 0 Å². The van der Waals surface area contributed by atoms with Crippen molar-refractivity contribution in [3.63, 3.8) is 0 Å². The van der Waals surface area contributed by atoms with Gasteiger partial charge in [0.05, 0.1) is 11.8 Å². The zero-order chi connectivity index (χ0) is 12.9. The lowest BCUT2D eigenvalue weighted by atomic mass is 10.1. The van der Waals surface area contributed by atoms with E-state index in [9.17, 15) is 8.42 Å². The van der Waals surface area contributed by atoms with Gasteiger partial charge in [0.2, 0.25) is 10.0 Å². The van der Waals surface area contributed by atoms with E-state index in [2.05, 4.69) is 0 Å². The van der Waals surface area contributed by atoms with Crippen LogP contribution in [-0.4, -0.2) is 25.0 Å². The molecule has 98 valence electrons. The Morgan fingerprint density at radius 3 is 2.83 bits per heavy atom. The van der Waals surface area contributed by atoms with Crippen molar-refractivity contribution in [1.29, 1.82) is 0 Å². The van der Waals surface area contributed by atoms with Gasteiger partial charge in [-0.15, -0.1) is 0 Å². The van der Waals surface area contributed by atoms with Crippen molar-refractivity contribution in [1.82, 2.24) is 4.31 Å². The molecule has 1 fully saturated rings. The zero-order valence-electron chi connectivity index (χ0n) is 10.5. The fraction of sp³-hybridized carbons (Fsp3) is 0.538.